The van der Waals surface area contributed by atoms with Gasteiger partial charge in [0.05, 0.1) is 0 Å². The van der Waals surface area contributed by atoms with Gasteiger partial charge in [-0.3, -0.25) is 4.79 Å². The van der Waals surface area contributed by atoms with E-state index in [1.165, 1.54) is 5.56 Å². The minimum atomic E-state index is 0.260. The molecule has 16 heavy (non-hydrogen) atoms. The largest absolute Gasteiger partial charge is 0.294 e. The summed E-state index contributed by atoms with van der Waals surface area (Å²) in [6.07, 6.45) is 5.72. The SMILES string of the molecule is CC(C)(C)Cc1ccc2c(c1)[C]CCC2=O. The van der Waals surface area contributed by atoms with Crippen LogP contribution in [-0.4, -0.2) is 5.78 Å². The van der Waals surface area contributed by atoms with Gasteiger partial charge in [-0.2, -0.15) is 0 Å². The van der Waals surface area contributed by atoms with Crippen molar-refractivity contribution >= 4 is 5.78 Å². The van der Waals surface area contributed by atoms with E-state index in [-0.39, 0.29) is 11.2 Å². The number of ketones is 1. The van der Waals surface area contributed by atoms with Gasteiger partial charge in [0, 0.05) is 18.4 Å². The van der Waals surface area contributed by atoms with Crippen molar-refractivity contribution in [3.8, 4) is 0 Å². The molecule has 2 radical (unpaired) electrons. The summed E-state index contributed by atoms with van der Waals surface area (Å²) in [6, 6.07) is 6.16. The molecule has 0 aromatic heterocycles. The molecule has 0 bridgehead atoms. The first-order chi connectivity index (χ1) is 7.46. The van der Waals surface area contributed by atoms with Crippen molar-refractivity contribution in [2.45, 2.75) is 40.0 Å². The average molecular weight is 214 g/mol. The zero-order chi connectivity index (χ0) is 11.8. The molecule has 84 valence electrons. The highest BCUT2D eigenvalue weighted by Crippen LogP contribution is 2.27. The second-order valence-corrected chi connectivity index (χ2v) is 5.72. The van der Waals surface area contributed by atoms with E-state index >= 15 is 0 Å². The molecule has 1 nitrogen and oxygen atoms in total. The molecule has 0 aliphatic heterocycles. The Hall–Kier alpha value is -1.11. The highest BCUT2D eigenvalue weighted by Gasteiger charge is 2.19. The summed E-state index contributed by atoms with van der Waals surface area (Å²) < 4.78 is 0. The Bertz CT molecular complexity index is 410. The maximum absolute atomic E-state index is 11.6. The predicted octanol–water partition coefficient (Wildman–Crippen LogP) is 3.68. The molecule has 0 N–H and O–H groups in total. The molecular formula is C15H18O. The standard InChI is InChI=1S/C15H18O/c1-15(2,3)10-11-7-8-13-12(9-11)5-4-6-14(13)16/h7-9H,4,6,10H2,1-3H3. The van der Waals surface area contributed by atoms with Crippen LogP contribution >= 0.6 is 0 Å². The van der Waals surface area contributed by atoms with E-state index in [9.17, 15) is 4.79 Å². The molecule has 2 rings (SSSR count). The van der Waals surface area contributed by atoms with Crippen LogP contribution in [-0.2, 0) is 6.42 Å². The van der Waals surface area contributed by atoms with E-state index in [1.807, 2.05) is 6.07 Å². The molecule has 0 saturated carbocycles. The zero-order valence-electron chi connectivity index (χ0n) is 10.3. The lowest BCUT2D eigenvalue weighted by atomic mass is 9.84. The van der Waals surface area contributed by atoms with Crippen molar-refractivity contribution < 1.29 is 4.79 Å². The molecule has 1 aliphatic carbocycles. The molecule has 0 saturated heterocycles. The van der Waals surface area contributed by atoms with Gasteiger partial charge in [0.1, 0.15) is 0 Å². The third-order valence-electron chi connectivity index (χ3n) is 2.79. The third kappa shape index (κ3) is 2.52. The Morgan fingerprint density at radius 2 is 2.06 bits per heavy atom. The number of fused-ring (bicyclic) bond motifs is 1. The van der Waals surface area contributed by atoms with Crippen molar-refractivity contribution in [3.05, 3.63) is 41.3 Å². The fourth-order valence-electron chi connectivity index (χ4n) is 2.15. The Kier molecular flexibility index (Phi) is 2.88. The van der Waals surface area contributed by atoms with Crippen LogP contribution in [0.1, 0.15) is 55.1 Å². The molecule has 1 aromatic carbocycles. The number of rotatable bonds is 1. The van der Waals surface area contributed by atoms with Crippen molar-refractivity contribution in [2.24, 2.45) is 5.41 Å². The second-order valence-electron chi connectivity index (χ2n) is 5.72. The van der Waals surface area contributed by atoms with Crippen LogP contribution in [0.3, 0.4) is 0 Å². The van der Waals surface area contributed by atoms with Gasteiger partial charge < -0.3 is 0 Å². The zero-order valence-corrected chi connectivity index (χ0v) is 10.3. The average Bonchev–Trinajstić information content (AvgIpc) is 2.15. The van der Waals surface area contributed by atoms with Gasteiger partial charge in [0.25, 0.3) is 0 Å². The number of hydrogen-bond acceptors (Lipinski definition) is 1. The minimum Gasteiger partial charge on any atom is -0.294 e. The first kappa shape index (κ1) is 11.4. The quantitative estimate of drug-likeness (QED) is 0.697. The molecule has 1 aromatic rings. The maximum atomic E-state index is 11.6. The molecule has 0 spiro atoms. The summed E-state index contributed by atoms with van der Waals surface area (Å²) >= 11 is 0. The number of benzene rings is 1. The maximum Gasteiger partial charge on any atom is 0.163 e. The summed E-state index contributed by atoms with van der Waals surface area (Å²) in [4.78, 5) is 11.6. The number of carbonyl (C=O) groups is 1. The van der Waals surface area contributed by atoms with Gasteiger partial charge >= 0.3 is 0 Å². The molecule has 0 atom stereocenters. The van der Waals surface area contributed by atoms with E-state index in [4.69, 9.17) is 0 Å². The summed E-state index contributed by atoms with van der Waals surface area (Å²) in [6.45, 7) is 6.68. The van der Waals surface area contributed by atoms with Gasteiger partial charge in [-0.05, 0) is 29.4 Å². The van der Waals surface area contributed by atoms with E-state index < -0.39 is 0 Å². The van der Waals surface area contributed by atoms with E-state index in [0.717, 1.165) is 24.0 Å². The van der Waals surface area contributed by atoms with Gasteiger partial charge in [-0.15, -0.1) is 0 Å². The normalized spacial score (nSPS) is 16.1. The monoisotopic (exact) mass is 214 g/mol. The fraction of sp³-hybridized carbons (Fsp3) is 0.467. The van der Waals surface area contributed by atoms with Gasteiger partial charge in [-0.1, -0.05) is 39.0 Å². The lowest BCUT2D eigenvalue weighted by Crippen LogP contribution is -2.12. The fourth-order valence-corrected chi connectivity index (χ4v) is 2.15. The van der Waals surface area contributed by atoms with E-state index in [2.05, 4.69) is 39.3 Å². The first-order valence-corrected chi connectivity index (χ1v) is 5.86. The summed E-state index contributed by atoms with van der Waals surface area (Å²) in [7, 11) is 0. The lowest BCUT2D eigenvalue weighted by molar-refractivity contribution is 0.0978. The predicted molar refractivity (Wildman–Crippen MR) is 65.5 cm³/mol. The van der Waals surface area contributed by atoms with E-state index in [1.54, 1.807) is 0 Å². The first-order valence-electron chi connectivity index (χ1n) is 5.86. The van der Waals surface area contributed by atoms with Crippen LogP contribution in [0.25, 0.3) is 0 Å². The van der Waals surface area contributed by atoms with Crippen LogP contribution in [0.15, 0.2) is 18.2 Å². The van der Waals surface area contributed by atoms with Crippen molar-refractivity contribution in [2.75, 3.05) is 0 Å². The number of hydrogen-bond donors (Lipinski definition) is 0. The Morgan fingerprint density at radius 3 is 2.75 bits per heavy atom. The Balaban J connectivity index is 2.29. The Morgan fingerprint density at radius 1 is 1.31 bits per heavy atom. The van der Waals surface area contributed by atoms with Crippen molar-refractivity contribution in [1.29, 1.82) is 0 Å². The molecule has 0 unspecified atom stereocenters. The molecule has 0 amide bonds. The van der Waals surface area contributed by atoms with Crippen LogP contribution in [0.4, 0.5) is 0 Å². The Labute approximate surface area is 97.9 Å². The molecule has 0 fully saturated rings. The highest BCUT2D eigenvalue weighted by atomic mass is 16.1. The topological polar surface area (TPSA) is 17.1 Å². The minimum absolute atomic E-state index is 0.260. The molecule has 0 heterocycles. The highest BCUT2D eigenvalue weighted by molar-refractivity contribution is 5.99. The van der Waals surface area contributed by atoms with Gasteiger partial charge in [0.2, 0.25) is 0 Å². The van der Waals surface area contributed by atoms with E-state index in [0.29, 0.717) is 6.42 Å². The van der Waals surface area contributed by atoms with Gasteiger partial charge in [-0.25, -0.2) is 0 Å². The van der Waals surface area contributed by atoms with Crippen molar-refractivity contribution in [1.82, 2.24) is 0 Å². The smallest absolute Gasteiger partial charge is 0.163 e. The third-order valence-corrected chi connectivity index (χ3v) is 2.79. The molecular weight excluding hydrogens is 196 g/mol. The van der Waals surface area contributed by atoms with Gasteiger partial charge in [0.15, 0.2) is 5.78 Å². The van der Waals surface area contributed by atoms with Crippen LogP contribution in [0, 0.1) is 11.8 Å². The molecule has 1 heteroatoms. The summed E-state index contributed by atoms with van der Waals surface area (Å²) in [5.41, 5.74) is 3.45. The molecule has 1 aliphatic rings. The van der Waals surface area contributed by atoms with Crippen LogP contribution < -0.4 is 0 Å². The van der Waals surface area contributed by atoms with Crippen LogP contribution in [0.2, 0.25) is 0 Å². The number of Topliss-reactive ketones (excluding diaryl/α,β-unsaturated/α-hetero) is 1. The lowest BCUT2D eigenvalue weighted by Gasteiger charge is -2.20. The summed E-state index contributed by atoms with van der Waals surface area (Å²) in [5, 5.41) is 0. The number of carbonyl (C=O) groups excluding carboxylic acids is 1. The van der Waals surface area contributed by atoms with Crippen LogP contribution in [0.5, 0.6) is 0 Å². The summed E-state index contributed by atoms with van der Waals surface area (Å²) in [5.74, 6) is 0.260. The van der Waals surface area contributed by atoms with Crippen molar-refractivity contribution in [3.63, 3.8) is 0 Å². The second kappa shape index (κ2) is 4.04.